The second-order valence-corrected chi connectivity index (χ2v) is 16.7. The van der Waals surface area contributed by atoms with Crippen LogP contribution in [-0.2, 0) is 10.8 Å². The zero-order valence-corrected chi connectivity index (χ0v) is 28.9. The molecule has 5 heteroatoms. The first-order valence-electron chi connectivity index (χ1n) is 15.1. The molecule has 0 unspecified atom stereocenters. The van der Waals surface area contributed by atoms with Gasteiger partial charge in [-0.2, -0.15) is 0 Å². The van der Waals surface area contributed by atoms with Crippen molar-refractivity contribution in [3.05, 3.63) is 143 Å². The third-order valence-electron chi connectivity index (χ3n) is 7.95. The first kappa shape index (κ1) is 31.5. The Balaban J connectivity index is 1.43. The lowest BCUT2D eigenvalue weighted by Crippen LogP contribution is -2.23. The molecule has 0 aliphatic heterocycles. The molecule has 1 aliphatic carbocycles. The van der Waals surface area contributed by atoms with E-state index in [2.05, 4.69) is 90.1 Å². The fraction of sp³-hybridized carbons (Fsp3) is 0.200. The topological polar surface area (TPSA) is 34.1 Å². The highest BCUT2D eigenvalue weighted by Gasteiger charge is 2.36. The van der Waals surface area contributed by atoms with Gasteiger partial charge >= 0.3 is 0 Å². The van der Waals surface area contributed by atoms with Gasteiger partial charge in [0.05, 0.1) is 0 Å². The summed E-state index contributed by atoms with van der Waals surface area (Å²) >= 11 is 4.60. The molecule has 2 nitrogen and oxygen atoms in total. The fourth-order valence-electron chi connectivity index (χ4n) is 5.40. The van der Waals surface area contributed by atoms with Crippen molar-refractivity contribution in [2.75, 3.05) is 0 Å². The van der Waals surface area contributed by atoms with Crippen LogP contribution in [0.15, 0.2) is 139 Å². The number of hydrogen-bond acceptors (Lipinski definition) is 5. The third kappa shape index (κ3) is 6.58. The van der Waals surface area contributed by atoms with Gasteiger partial charge < -0.3 is 0 Å². The number of rotatable bonds is 6. The predicted molar refractivity (Wildman–Crippen MR) is 189 cm³/mol. The van der Waals surface area contributed by atoms with E-state index in [-0.39, 0.29) is 22.4 Å². The van der Waals surface area contributed by atoms with E-state index in [1.165, 1.54) is 46.4 Å². The monoisotopic (exact) mass is 644 g/mol. The molecule has 0 heterocycles. The van der Waals surface area contributed by atoms with Gasteiger partial charge in [0, 0.05) is 51.6 Å². The van der Waals surface area contributed by atoms with Gasteiger partial charge in [0.15, 0.2) is 11.6 Å². The Labute approximate surface area is 279 Å². The molecule has 0 N–H and O–H groups in total. The van der Waals surface area contributed by atoms with Crippen molar-refractivity contribution in [1.82, 2.24) is 0 Å². The highest BCUT2D eigenvalue weighted by atomic mass is 32.2. The minimum Gasteiger partial charge on any atom is -0.289 e. The minimum atomic E-state index is -0.102. The zero-order chi connectivity index (χ0) is 31.9. The lowest BCUT2D eigenvalue weighted by molar-refractivity contribution is 0.0972. The predicted octanol–water partition coefficient (Wildman–Crippen LogP) is 11.5. The van der Waals surface area contributed by atoms with Crippen molar-refractivity contribution in [1.29, 1.82) is 0 Å². The van der Waals surface area contributed by atoms with Gasteiger partial charge in [-0.05, 0) is 76.6 Å². The molecule has 1 aliphatic rings. The minimum absolute atomic E-state index is 0.0507. The standard InChI is InChI=1S/C40H36O2S3/c1-39(2,3)25-15-19-28(20-16-25)44-31-14-10-13-30-34(31)38(42)36-33(43-27-11-8-7-9-12-27)24-23-32(35(36)37(30)41)45-29-21-17-26(18-22-29)40(4,5)6/h7-24H,1-6H3. The molecular weight excluding hydrogens is 609 g/mol. The average Bonchev–Trinajstić information content (AvgIpc) is 3.00. The van der Waals surface area contributed by atoms with Crippen LogP contribution in [0, 0.1) is 0 Å². The van der Waals surface area contributed by atoms with Gasteiger partial charge in [0.25, 0.3) is 0 Å². The summed E-state index contributed by atoms with van der Waals surface area (Å²) in [6, 6.07) is 36.7. The molecule has 0 amide bonds. The number of carbonyl (C=O) groups excluding carboxylic acids is 2. The lowest BCUT2D eigenvalue weighted by atomic mass is 9.84. The Hall–Kier alpha value is -3.51. The highest BCUT2D eigenvalue weighted by molar-refractivity contribution is 8.00. The van der Waals surface area contributed by atoms with Crippen molar-refractivity contribution < 1.29 is 9.59 Å². The number of benzene rings is 5. The molecule has 0 saturated carbocycles. The SMILES string of the molecule is CC(C)(C)c1ccc(Sc2cccc3c2C(=O)c2c(Sc4ccccc4)ccc(Sc4ccc(C(C)(C)C)cc4)c2C3=O)cc1. The van der Waals surface area contributed by atoms with Gasteiger partial charge in [0.1, 0.15) is 0 Å². The van der Waals surface area contributed by atoms with Crippen LogP contribution >= 0.6 is 35.3 Å². The summed E-state index contributed by atoms with van der Waals surface area (Å²) in [6.07, 6.45) is 0. The Kier molecular flexibility index (Phi) is 8.64. The van der Waals surface area contributed by atoms with E-state index in [0.29, 0.717) is 22.3 Å². The molecule has 45 heavy (non-hydrogen) atoms. The van der Waals surface area contributed by atoms with E-state index in [1.54, 1.807) is 6.07 Å². The summed E-state index contributed by atoms with van der Waals surface area (Å²) in [4.78, 5) is 34.5. The van der Waals surface area contributed by atoms with Crippen LogP contribution in [0.3, 0.4) is 0 Å². The number of ketones is 2. The van der Waals surface area contributed by atoms with Gasteiger partial charge in [-0.15, -0.1) is 0 Å². The fourth-order valence-corrected chi connectivity index (χ4v) is 8.32. The van der Waals surface area contributed by atoms with Crippen molar-refractivity contribution in [3.63, 3.8) is 0 Å². The summed E-state index contributed by atoms with van der Waals surface area (Å²) in [6.45, 7) is 13.2. The lowest BCUT2D eigenvalue weighted by Gasteiger charge is -2.24. The number of hydrogen-bond donors (Lipinski definition) is 0. The van der Waals surface area contributed by atoms with Crippen molar-refractivity contribution in [3.8, 4) is 0 Å². The smallest absolute Gasteiger partial charge is 0.196 e. The summed E-state index contributed by atoms with van der Waals surface area (Å²) in [5.74, 6) is -0.201. The molecule has 0 radical (unpaired) electrons. The van der Waals surface area contributed by atoms with Crippen LogP contribution < -0.4 is 0 Å². The van der Waals surface area contributed by atoms with Gasteiger partial charge in [-0.3, -0.25) is 9.59 Å². The van der Waals surface area contributed by atoms with E-state index in [0.717, 1.165) is 29.4 Å². The summed E-state index contributed by atoms with van der Waals surface area (Å²) in [7, 11) is 0. The zero-order valence-electron chi connectivity index (χ0n) is 26.4. The van der Waals surface area contributed by atoms with E-state index in [1.807, 2.05) is 54.6 Å². The van der Waals surface area contributed by atoms with Gasteiger partial charge in [-0.25, -0.2) is 0 Å². The van der Waals surface area contributed by atoms with E-state index in [9.17, 15) is 9.59 Å². The molecule has 6 rings (SSSR count). The van der Waals surface area contributed by atoms with Gasteiger partial charge in [-0.1, -0.05) is 131 Å². The summed E-state index contributed by atoms with van der Waals surface area (Å²) in [5, 5.41) is 0. The normalized spacial score (nSPS) is 13.0. The van der Waals surface area contributed by atoms with Crippen LogP contribution in [0.1, 0.15) is 84.5 Å². The van der Waals surface area contributed by atoms with Crippen LogP contribution in [-0.4, -0.2) is 11.6 Å². The summed E-state index contributed by atoms with van der Waals surface area (Å²) in [5.41, 5.74) is 4.56. The molecular formula is C40H36O2S3. The van der Waals surface area contributed by atoms with E-state index < -0.39 is 0 Å². The first-order valence-corrected chi connectivity index (χ1v) is 17.5. The van der Waals surface area contributed by atoms with Gasteiger partial charge in [0.2, 0.25) is 0 Å². The maximum atomic E-state index is 14.6. The second kappa shape index (κ2) is 12.4. The highest BCUT2D eigenvalue weighted by Crippen LogP contribution is 2.45. The molecule has 0 bridgehead atoms. The molecule has 226 valence electrons. The molecule has 0 spiro atoms. The van der Waals surface area contributed by atoms with Crippen LogP contribution in [0.25, 0.3) is 0 Å². The van der Waals surface area contributed by atoms with Crippen LogP contribution in [0.5, 0.6) is 0 Å². The maximum Gasteiger partial charge on any atom is 0.196 e. The van der Waals surface area contributed by atoms with E-state index in [4.69, 9.17) is 0 Å². The first-order chi connectivity index (χ1) is 21.4. The second-order valence-electron chi connectivity index (χ2n) is 13.3. The van der Waals surface area contributed by atoms with Crippen molar-refractivity contribution in [2.45, 2.75) is 81.7 Å². The van der Waals surface area contributed by atoms with Crippen molar-refractivity contribution in [2.24, 2.45) is 0 Å². The maximum absolute atomic E-state index is 14.6. The van der Waals surface area contributed by atoms with E-state index >= 15 is 0 Å². The Morgan fingerprint density at radius 2 is 0.822 bits per heavy atom. The molecule has 0 atom stereocenters. The molecule has 5 aromatic carbocycles. The average molecular weight is 645 g/mol. The molecule has 5 aromatic rings. The Morgan fingerprint density at radius 1 is 0.400 bits per heavy atom. The number of carbonyl (C=O) groups is 2. The molecule has 0 saturated heterocycles. The quantitative estimate of drug-likeness (QED) is 0.180. The van der Waals surface area contributed by atoms with Crippen molar-refractivity contribution >= 4 is 46.9 Å². The molecule has 0 aromatic heterocycles. The van der Waals surface area contributed by atoms with Crippen LogP contribution in [0.2, 0.25) is 0 Å². The Morgan fingerprint density at radius 3 is 1.29 bits per heavy atom. The van der Waals surface area contributed by atoms with Crippen LogP contribution in [0.4, 0.5) is 0 Å². The molecule has 0 fully saturated rings. The summed E-state index contributed by atoms with van der Waals surface area (Å²) < 4.78 is 0. The Bertz CT molecular complexity index is 1890. The third-order valence-corrected chi connectivity index (χ3v) is 11.2. The number of fused-ring (bicyclic) bond motifs is 2. The largest absolute Gasteiger partial charge is 0.289 e.